The van der Waals surface area contributed by atoms with Crippen molar-refractivity contribution in [3.8, 4) is 0 Å². The van der Waals surface area contributed by atoms with E-state index in [0.29, 0.717) is 19.4 Å². The Hall–Kier alpha value is -2.20. The summed E-state index contributed by atoms with van der Waals surface area (Å²) >= 11 is 0. The molecule has 0 aliphatic carbocycles. The second kappa shape index (κ2) is 8.95. The minimum absolute atomic E-state index is 0.121. The van der Waals surface area contributed by atoms with E-state index in [4.69, 9.17) is 5.11 Å². The standard InChI is InChI=1S/C16H26N4O6/c1-9(16(25)26)18-13(22)11(8-21)19-14(23)12-5-3-7-20(12)15(24)10-4-2-6-17-10/h9-12,17,21H,2-8H2,1H3,(H,18,22)(H,19,23)(H,25,26). The van der Waals surface area contributed by atoms with Crippen molar-refractivity contribution in [3.63, 3.8) is 0 Å². The van der Waals surface area contributed by atoms with E-state index < -0.39 is 42.5 Å². The van der Waals surface area contributed by atoms with Crippen LogP contribution in [0.3, 0.4) is 0 Å². The lowest BCUT2D eigenvalue weighted by atomic mass is 10.1. The van der Waals surface area contributed by atoms with Crippen molar-refractivity contribution in [3.05, 3.63) is 0 Å². The average Bonchev–Trinajstić information content (AvgIpc) is 3.29. The molecule has 0 aromatic heterocycles. The minimum Gasteiger partial charge on any atom is -0.480 e. The van der Waals surface area contributed by atoms with Crippen molar-refractivity contribution < 1.29 is 29.4 Å². The van der Waals surface area contributed by atoms with Crippen LogP contribution in [-0.2, 0) is 19.2 Å². The van der Waals surface area contributed by atoms with Crippen LogP contribution >= 0.6 is 0 Å². The number of rotatable bonds is 7. The number of carboxylic acid groups (broad SMARTS) is 1. The third-order valence-corrected chi connectivity index (χ3v) is 4.74. The highest BCUT2D eigenvalue weighted by Gasteiger charge is 2.39. The minimum atomic E-state index is -1.27. The molecule has 2 saturated heterocycles. The molecule has 2 heterocycles. The van der Waals surface area contributed by atoms with E-state index in [0.717, 1.165) is 19.4 Å². The van der Waals surface area contributed by atoms with E-state index in [9.17, 15) is 24.3 Å². The summed E-state index contributed by atoms with van der Waals surface area (Å²) < 4.78 is 0. The number of carbonyl (C=O) groups excluding carboxylic acids is 3. The first-order valence-electron chi connectivity index (χ1n) is 8.83. The van der Waals surface area contributed by atoms with Crippen molar-refractivity contribution in [1.82, 2.24) is 20.9 Å². The number of likely N-dealkylation sites (tertiary alicyclic amines) is 1. The first-order chi connectivity index (χ1) is 12.3. The molecule has 3 amide bonds. The molecule has 0 spiro atoms. The molecule has 4 unspecified atom stereocenters. The van der Waals surface area contributed by atoms with Crippen molar-refractivity contribution >= 4 is 23.7 Å². The van der Waals surface area contributed by atoms with Gasteiger partial charge in [0.15, 0.2) is 0 Å². The van der Waals surface area contributed by atoms with Crippen LogP contribution in [0, 0.1) is 0 Å². The van der Waals surface area contributed by atoms with Gasteiger partial charge in [-0.3, -0.25) is 19.2 Å². The summed E-state index contributed by atoms with van der Waals surface area (Å²) in [6, 6.07) is -3.39. The molecule has 2 aliphatic heterocycles. The predicted molar refractivity (Wildman–Crippen MR) is 90.0 cm³/mol. The van der Waals surface area contributed by atoms with Gasteiger partial charge in [0.25, 0.3) is 0 Å². The molecular formula is C16H26N4O6. The molecule has 26 heavy (non-hydrogen) atoms. The lowest BCUT2D eigenvalue weighted by Crippen LogP contribution is -2.57. The van der Waals surface area contributed by atoms with Crippen molar-refractivity contribution in [2.24, 2.45) is 0 Å². The maximum absolute atomic E-state index is 12.6. The third kappa shape index (κ3) is 4.70. The predicted octanol–water partition coefficient (Wildman–Crippen LogP) is -2.20. The molecule has 0 saturated carbocycles. The van der Waals surface area contributed by atoms with Gasteiger partial charge < -0.3 is 31.1 Å². The Morgan fingerprint density at radius 1 is 1.19 bits per heavy atom. The fourth-order valence-electron chi connectivity index (χ4n) is 3.24. The normalized spacial score (nSPS) is 24.8. The highest BCUT2D eigenvalue weighted by molar-refractivity contribution is 5.94. The number of aliphatic carboxylic acids is 1. The molecule has 0 aromatic carbocycles. The Kier molecular flexibility index (Phi) is 6.92. The van der Waals surface area contributed by atoms with Gasteiger partial charge in [0.2, 0.25) is 17.7 Å². The quantitative estimate of drug-likeness (QED) is 0.341. The maximum Gasteiger partial charge on any atom is 0.325 e. The molecule has 10 nitrogen and oxygen atoms in total. The zero-order chi connectivity index (χ0) is 19.3. The SMILES string of the molecule is CC(NC(=O)C(CO)NC(=O)C1CCCN1C(=O)C1CCCN1)C(=O)O. The van der Waals surface area contributed by atoms with Crippen molar-refractivity contribution in [1.29, 1.82) is 0 Å². The summed E-state index contributed by atoms with van der Waals surface area (Å²) in [6.45, 7) is 1.86. The summed E-state index contributed by atoms with van der Waals surface area (Å²) in [5, 5.41) is 25.9. The second-order valence-electron chi connectivity index (χ2n) is 6.65. The number of carbonyl (C=O) groups is 4. The zero-order valence-electron chi connectivity index (χ0n) is 14.7. The highest BCUT2D eigenvalue weighted by atomic mass is 16.4. The van der Waals surface area contributed by atoms with Crippen molar-refractivity contribution in [2.45, 2.75) is 56.8 Å². The van der Waals surface area contributed by atoms with Crippen LogP contribution in [0.4, 0.5) is 0 Å². The third-order valence-electron chi connectivity index (χ3n) is 4.74. The molecule has 146 valence electrons. The van der Waals surface area contributed by atoms with E-state index in [1.54, 1.807) is 0 Å². The molecule has 0 aromatic rings. The maximum atomic E-state index is 12.6. The molecule has 5 N–H and O–H groups in total. The van der Waals surface area contributed by atoms with E-state index in [-0.39, 0.29) is 11.9 Å². The first-order valence-corrected chi connectivity index (χ1v) is 8.83. The summed E-state index contributed by atoms with van der Waals surface area (Å²) in [6.07, 6.45) is 2.81. The molecule has 2 aliphatic rings. The number of aliphatic hydroxyl groups excluding tert-OH is 1. The summed E-state index contributed by atoms with van der Waals surface area (Å²) in [7, 11) is 0. The highest BCUT2D eigenvalue weighted by Crippen LogP contribution is 2.21. The van der Waals surface area contributed by atoms with Gasteiger partial charge in [-0.2, -0.15) is 0 Å². The van der Waals surface area contributed by atoms with Crippen LogP contribution in [-0.4, -0.2) is 82.7 Å². The Morgan fingerprint density at radius 3 is 2.50 bits per heavy atom. The number of hydrogen-bond acceptors (Lipinski definition) is 6. The largest absolute Gasteiger partial charge is 0.480 e. The number of amides is 3. The van der Waals surface area contributed by atoms with Crippen LogP contribution in [0.5, 0.6) is 0 Å². The van der Waals surface area contributed by atoms with Crippen LogP contribution in [0.2, 0.25) is 0 Å². The van der Waals surface area contributed by atoms with Gasteiger partial charge in [0.1, 0.15) is 18.1 Å². The summed E-state index contributed by atoms with van der Waals surface area (Å²) in [4.78, 5) is 49.4. The lowest BCUT2D eigenvalue weighted by Gasteiger charge is -2.28. The number of hydrogen-bond donors (Lipinski definition) is 5. The smallest absolute Gasteiger partial charge is 0.325 e. The molecule has 2 fully saturated rings. The molecular weight excluding hydrogens is 344 g/mol. The number of aliphatic hydroxyl groups is 1. The zero-order valence-corrected chi connectivity index (χ0v) is 14.7. The van der Waals surface area contributed by atoms with Gasteiger partial charge in [-0.1, -0.05) is 0 Å². The average molecular weight is 370 g/mol. The van der Waals surface area contributed by atoms with Gasteiger partial charge in [-0.25, -0.2) is 0 Å². The van der Waals surface area contributed by atoms with Gasteiger partial charge in [-0.15, -0.1) is 0 Å². The number of carboxylic acids is 1. The Labute approximate surface area is 151 Å². The van der Waals surface area contributed by atoms with Gasteiger partial charge >= 0.3 is 5.97 Å². The van der Waals surface area contributed by atoms with Gasteiger partial charge in [-0.05, 0) is 39.2 Å². The summed E-state index contributed by atoms with van der Waals surface area (Å²) in [5.41, 5.74) is 0. The molecule has 0 radical (unpaired) electrons. The molecule has 10 heteroatoms. The lowest BCUT2D eigenvalue weighted by molar-refractivity contribution is -0.143. The fraction of sp³-hybridized carbons (Fsp3) is 0.750. The fourth-order valence-corrected chi connectivity index (χ4v) is 3.24. The Morgan fingerprint density at radius 2 is 1.92 bits per heavy atom. The molecule has 0 bridgehead atoms. The van der Waals surface area contributed by atoms with E-state index in [1.165, 1.54) is 11.8 Å². The van der Waals surface area contributed by atoms with E-state index in [1.807, 2.05) is 0 Å². The van der Waals surface area contributed by atoms with Crippen LogP contribution in [0.1, 0.15) is 32.6 Å². The first kappa shape index (κ1) is 20.1. The number of nitrogens with zero attached hydrogens (tertiary/aromatic N) is 1. The Bertz CT molecular complexity index is 563. The molecule has 4 atom stereocenters. The van der Waals surface area contributed by atoms with Crippen LogP contribution < -0.4 is 16.0 Å². The van der Waals surface area contributed by atoms with E-state index >= 15 is 0 Å². The summed E-state index contributed by atoms with van der Waals surface area (Å²) in [5.74, 6) is -2.65. The van der Waals surface area contributed by atoms with Crippen LogP contribution in [0.15, 0.2) is 0 Å². The second-order valence-corrected chi connectivity index (χ2v) is 6.65. The monoisotopic (exact) mass is 370 g/mol. The Balaban J connectivity index is 1.96. The topological polar surface area (TPSA) is 148 Å². The van der Waals surface area contributed by atoms with Gasteiger partial charge in [0.05, 0.1) is 12.6 Å². The van der Waals surface area contributed by atoms with Crippen molar-refractivity contribution in [2.75, 3.05) is 19.7 Å². The number of nitrogens with one attached hydrogen (secondary N) is 3. The van der Waals surface area contributed by atoms with Crippen LogP contribution in [0.25, 0.3) is 0 Å². The molecule has 2 rings (SSSR count). The van der Waals surface area contributed by atoms with E-state index in [2.05, 4.69) is 16.0 Å². The van der Waals surface area contributed by atoms with Gasteiger partial charge in [0, 0.05) is 6.54 Å².